The number of hydrogen-bond acceptors (Lipinski definition) is 4. The van der Waals surface area contributed by atoms with E-state index < -0.39 is 5.03 Å². The number of hydrogen-bond donors (Lipinski definition) is 1. The predicted molar refractivity (Wildman–Crippen MR) is 68.9 cm³/mol. The minimum absolute atomic E-state index is 0.164. The van der Waals surface area contributed by atoms with Crippen molar-refractivity contribution >= 4 is 12.3 Å². The van der Waals surface area contributed by atoms with E-state index in [9.17, 15) is 10.1 Å². The monoisotopic (exact) mass is 263 g/mol. The van der Waals surface area contributed by atoms with Crippen molar-refractivity contribution in [2.45, 2.75) is 6.61 Å². The van der Waals surface area contributed by atoms with Gasteiger partial charge in [0.2, 0.25) is 0 Å². The normalized spacial score (nSPS) is 16.8. The molecule has 1 aliphatic heterocycles. The Kier molecular flexibility index (Phi) is 4.27. The van der Waals surface area contributed by atoms with Gasteiger partial charge < -0.3 is 10.2 Å². The summed E-state index contributed by atoms with van der Waals surface area (Å²) in [6.45, 7) is 1.49. The minimum Gasteiger partial charge on any atom is -0.390 e. The van der Waals surface area contributed by atoms with Gasteiger partial charge in [0, 0.05) is 13.1 Å². The predicted octanol–water partition coefficient (Wildman–Crippen LogP) is 0.599. The number of benzene rings is 1. The highest BCUT2D eigenvalue weighted by Gasteiger charge is 2.19. The van der Waals surface area contributed by atoms with Crippen LogP contribution in [0.2, 0.25) is 0 Å². The van der Waals surface area contributed by atoms with Gasteiger partial charge in [0.15, 0.2) is 5.03 Å². The van der Waals surface area contributed by atoms with Gasteiger partial charge in [-0.15, -0.1) is 0 Å². The Morgan fingerprint density at radius 1 is 1.47 bits per heavy atom. The summed E-state index contributed by atoms with van der Waals surface area (Å²) in [7, 11) is 0. The van der Waals surface area contributed by atoms with Crippen LogP contribution in [0.5, 0.6) is 0 Å². The van der Waals surface area contributed by atoms with Gasteiger partial charge >= 0.3 is 0 Å². The zero-order chi connectivity index (χ0) is 13.5. The molecule has 0 atom stereocenters. The molecular weight excluding hydrogens is 250 g/mol. The van der Waals surface area contributed by atoms with E-state index in [1.807, 2.05) is 30.3 Å². The lowest BCUT2D eigenvalue weighted by Gasteiger charge is -2.07. The van der Waals surface area contributed by atoms with Crippen molar-refractivity contribution in [3.63, 3.8) is 0 Å². The zero-order valence-electron chi connectivity index (χ0n) is 10.1. The van der Waals surface area contributed by atoms with E-state index in [4.69, 9.17) is 4.84 Å². The number of nitrogens with one attached hydrogen (secondary N) is 1. The third-order valence-corrected chi connectivity index (χ3v) is 2.42. The molecule has 0 amide bonds. The summed E-state index contributed by atoms with van der Waals surface area (Å²) < 4.78 is 0. The van der Waals surface area contributed by atoms with Crippen LogP contribution < -0.4 is 5.32 Å². The van der Waals surface area contributed by atoms with Gasteiger partial charge in [-0.25, -0.2) is 10.1 Å². The summed E-state index contributed by atoms with van der Waals surface area (Å²) in [4.78, 5) is 16.9. The Hall–Kier alpha value is -2.64. The van der Waals surface area contributed by atoms with E-state index in [2.05, 4.69) is 15.6 Å². The van der Waals surface area contributed by atoms with Crippen molar-refractivity contribution in [1.82, 2.24) is 10.2 Å². The topological polar surface area (TPSA) is 92.4 Å². The Balaban J connectivity index is 1.84. The van der Waals surface area contributed by atoms with Crippen LogP contribution in [0.4, 0.5) is 0 Å². The van der Waals surface area contributed by atoms with Crippen LogP contribution >= 0.6 is 0 Å². The molecule has 1 aromatic rings. The maximum Gasteiger partial charge on any atom is 0.276 e. The average molecular weight is 263 g/mol. The van der Waals surface area contributed by atoms with Crippen LogP contribution in [0.3, 0.4) is 0 Å². The molecule has 0 unspecified atom stereocenters. The molecular formula is C11H13N5O3. The maximum absolute atomic E-state index is 10.3. The van der Waals surface area contributed by atoms with Gasteiger partial charge in [-0.2, -0.15) is 0 Å². The van der Waals surface area contributed by atoms with Gasteiger partial charge in [-0.1, -0.05) is 35.5 Å². The molecule has 0 saturated carbocycles. The molecule has 0 aliphatic carbocycles. The quantitative estimate of drug-likeness (QED) is 0.363. The molecule has 8 heteroatoms. The molecule has 1 aliphatic rings. The van der Waals surface area contributed by atoms with E-state index in [1.165, 1.54) is 11.2 Å². The molecule has 8 nitrogen and oxygen atoms in total. The Morgan fingerprint density at radius 2 is 2.26 bits per heavy atom. The number of nitrogens with zero attached hydrogens (tertiary/aromatic N) is 4. The third kappa shape index (κ3) is 3.95. The Morgan fingerprint density at radius 3 is 3.00 bits per heavy atom. The summed E-state index contributed by atoms with van der Waals surface area (Å²) in [5.74, 6) is 0.164. The first-order valence-corrected chi connectivity index (χ1v) is 5.68. The van der Waals surface area contributed by atoms with Crippen molar-refractivity contribution in [1.29, 1.82) is 0 Å². The Bertz CT molecular complexity index is 488. The van der Waals surface area contributed by atoms with Crippen LogP contribution in [-0.2, 0) is 11.4 Å². The largest absolute Gasteiger partial charge is 0.390 e. The van der Waals surface area contributed by atoms with Crippen molar-refractivity contribution < 1.29 is 9.87 Å². The molecule has 1 N–H and O–H groups in total. The summed E-state index contributed by atoms with van der Waals surface area (Å²) in [5.41, 5.74) is 0.998. The molecule has 0 aromatic heterocycles. The fourth-order valence-corrected chi connectivity index (χ4v) is 1.55. The van der Waals surface area contributed by atoms with Gasteiger partial charge in [-0.05, 0) is 5.56 Å². The van der Waals surface area contributed by atoms with Crippen molar-refractivity contribution in [3.8, 4) is 0 Å². The van der Waals surface area contributed by atoms with Crippen LogP contribution in [0.25, 0.3) is 0 Å². The van der Waals surface area contributed by atoms with Gasteiger partial charge in [-0.3, -0.25) is 4.90 Å². The lowest BCUT2D eigenvalue weighted by Crippen LogP contribution is -2.29. The average Bonchev–Trinajstić information content (AvgIpc) is 2.82. The van der Waals surface area contributed by atoms with E-state index >= 15 is 0 Å². The van der Waals surface area contributed by atoms with E-state index in [0.717, 1.165) is 5.56 Å². The van der Waals surface area contributed by atoms with Gasteiger partial charge in [0.05, 0.1) is 0 Å². The summed E-state index contributed by atoms with van der Waals surface area (Å²) in [6.07, 6.45) is 1.38. The molecule has 1 saturated heterocycles. The standard InChI is InChI=1S/C11H13N5O3/c17-16(18)14-11-12-6-7-15(11)9-13-19-8-10-4-2-1-3-5-10/h1-5,9H,6-8H2,(H,12,14). The summed E-state index contributed by atoms with van der Waals surface area (Å²) >= 11 is 0. The highest BCUT2D eigenvalue weighted by atomic mass is 16.7. The van der Waals surface area contributed by atoms with Crippen LogP contribution in [-0.4, -0.2) is 35.3 Å². The number of rotatable bonds is 5. The van der Waals surface area contributed by atoms with E-state index in [-0.39, 0.29) is 5.96 Å². The third-order valence-electron chi connectivity index (χ3n) is 2.42. The van der Waals surface area contributed by atoms with Crippen molar-refractivity contribution in [2.75, 3.05) is 13.1 Å². The molecule has 2 rings (SSSR count). The highest BCUT2D eigenvalue weighted by molar-refractivity contribution is 5.91. The lowest BCUT2D eigenvalue weighted by atomic mass is 10.2. The smallest absolute Gasteiger partial charge is 0.276 e. The lowest BCUT2D eigenvalue weighted by molar-refractivity contribution is -0.485. The second-order valence-corrected chi connectivity index (χ2v) is 3.76. The summed E-state index contributed by atoms with van der Waals surface area (Å²) in [6, 6.07) is 9.59. The number of nitro groups is 1. The first-order valence-electron chi connectivity index (χ1n) is 5.68. The van der Waals surface area contributed by atoms with Gasteiger partial charge in [0.25, 0.3) is 5.96 Å². The Labute approximate surface area is 109 Å². The maximum atomic E-state index is 10.3. The molecule has 0 radical (unpaired) electrons. The van der Waals surface area contributed by atoms with E-state index in [0.29, 0.717) is 19.7 Å². The van der Waals surface area contributed by atoms with Gasteiger partial charge in [0.1, 0.15) is 18.0 Å². The molecule has 19 heavy (non-hydrogen) atoms. The molecule has 0 bridgehead atoms. The number of hydrazone groups is 1. The van der Waals surface area contributed by atoms with Crippen molar-refractivity contribution in [2.24, 2.45) is 10.3 Å². The summed E-state index contributed by atoms with van der Waals surface area (Å²) in [5, 5.41) is 19.3. The van der Waals surface area contributed by atoms with Crippen molar-refractivity contribution in [3.05, 3.63) is 46.0 Å². The highest BCUT2D eigenvalue weighted by Crippen LogP contribution is 2.01. The first-order chi connectivity index (χ1) is 9.25. The molecule has 1 aromatic carbocycles. The van der Waals surface area contributed by atoms with Crippen LogP contribution in [0, 0.1) is 10.1 Å². The van der Waals surface area contributed by atoms with Crippen LogP contribution in [0.1, 0.15) is 5.56 Å². The molecule has 0 spiro atoms. The fraction of sp³-hybridized carbons (Fsp3) is 0.273. The van der Waals surface area contributed by atoms with Crippen LogP contribution in [0.15, 0.2) is 40.6 Å². The molecule has 1 heterocycles. The SMILES string of the molecule is O=[N+]([O-])N=C1NCCN1C=NOCc1ccccc1. The van der Waals surface area contributed by atoms with E-state index in [1.54, 1.807) is 0 Å². The number of guanidine groups is 1. The second kappa shape index (κ2) is 6.34. The molecule has 100 valence electrons. The molecule has 1 fully saturated rings. The second-order valence-electron chi connectivity index (χ2n) is 3.76. The number of oxime groups is 1. The first kappa shape index (κ1) is 12.8. The minimum atomic E-state index is -0.751. The fourth-order valence-electron chi connectivity index (χ4n) is 1.55. The zero-order valence-corrected chi connectivity index (χ0v) is 10.1.